The van der Waals surface area contributed by atoms with Crippen molar-refractivity contribution in [3.63, 3.8) is 0 Å². The summed E-state index contributed by atoms with van der Waals surface area (Å²) in [6.45, 7) is 1.36. The van der Waals surface area contributed by atoms with Gasteiger partial charge in [0, 0.05) is 13.1 Å². The minimum Gasteiger partial charge on any atom is -0.480 e. The zero-order valence-electron chi connectivity index (χ0n) is 23.7. The van der Waals surface area contributed by atoms with Crippen molar-refractivity contribution in [3.05, 3.63) is 0 Å². The molecule has 0 heterocycles. The van der Waals surface area contributed by atoms with E-state index in [0.717, 1.165) is 0 Å². The van der Waals surface area contributed by atoms with Crippen molar-refractivity contribution in [2.45, 2.75) is 88.4 Å². The standard InChI is InChI=1S/C24H50N12O5/c25-11-3-1-7-15(27)19(37)34-17(9-5-13-32-23(28)29)20(38)35-16(8-2-4-12-26)21(39)36-18(22(40)41)10-6-14-33-24(30)31/h15-18H,1-14,25-27H2,(H,34,37)(H,35,38)(H,36,39)(H,40,41)(H4,28,29,32)(H4,30,31,33)/t15-,16-,17-,18-/m0/s1. The fraction of sp³-hybridized carbons (Fsp3) is 0.750. The zero-order chi connectivity index (χ0) is 31.2. The number of carboxylic acids is 1. The number of unbranched alkanes of at least 4 members (excludes halogenated alkanes) is 2. The third-order valence-electron chi connectivity index (χ3n) is 6.10. The smallest absolute Gasteiger partial charge is 0.326 e. The predicted molar refractivity (Wildman–Crippen MR) is 156 cm³/mol. The number of hydrogen-bond acceptors (Lipinski definition) is 9. The van der Waals surface area contributed by atoms with E-state index in [1.807, 2.05) is 0 Å². The first kappa shape index (κ1) is 37.3. The number of carbonyl (C=O) groups excluding carboxylic acids is 3. The average molecular weight is 587 g/mol. The summed E-state index contributed by atoms with van der Waals surface area (Å²) in [6, 6.07) is -4.22. The Morgan fingerprint density at radius 1 is 0.610 bits per heavy atom. The van der Waals surface area contributed by atoms with Gasteiger partial charge in [-0.25, -0.2) is 4.79 Å². The fourth-order valence-electron chi connectivity index (χ4n) is 3.81. The van der Waals surface area contributed by atoms with Gasteiger partial charge in [-0.05, 0) is 70.9 Å². The number of hydrogen-bond donors (Lipinski definition) is 13. The van der Waals surface area contributed by atoms with Crippen LogP contribution in [0.2, 0.25) is 0 Å². The third kappa shape index (κ3) is 18.3. The monoisotopic (exact) mass is 586 g/mol. The van der Waals surface area contributed by atoms with Crippen LogP contribution in [0, 0.1) is 10.8 Å². The molecule has 0 radical (unpaired) electrons. The van der Waals surface area contributed by atoms with E-state index in [2.05, 4.69) is 26.6 Å². The highest BCUT2D eigenvalue weighted by Gasteiger charge is 2.30. The van der Waals surface area contributed by atoms with E-state index in [1.54, 1.807) is 0 Å². The lowest BCUT2D eigenvalue weighted by atomic mass is 10.0. The Balaban J connectivity index is 5.55. The molecule has 0 aliphatic rings. The van der Waals surface area contributed by atoms with Gasteiger partial charge in [-0.1, -0.05) is 6.42 Å². The first-order valence-electron chi connectivity index (χ1n) is 13.9. The zero-order valence-corrected chi connectivity index (χ0v) is 23.7. The molecule has 4 atom stereocenters. The van der Waals surface area contributed by atoms with Gasteiger partial charge < -0.3 is 60.4 Å². The van der Waals surface area contributed by atoms with Crippen LogP contribution >= 0.6 is 0 Å². The van der Waals surface area contributed by atoms with Crippen LogP contribution in [0.25, 0.3) is 0 Å². The lowest BCUT2D eigenvalue weighted by molar-refractivity contribution is -0.142. The highest BCUT2D eigenvalue weighted by molar-refractivity contribution is 5.94. The lowest BCUT2D eigenvalue weighted by Gasteiger charge is -2.25. The Labute approximate surface area is 240 Å². The molecule has 0 rings (SSSR count). The van der Waals surface area contributed by atoms with Crippen LogP contribution in [0.1, 0.15) is 64.2 Å². The van der Waals surface area contributed by atoms with Crippen molar-refractivity contribution in [1.82, 2.24) is 26.6 Å². The Bertz CT molecular complexity index is 844. The maximum absolute atomic E-state index is 13.3. The Morgan fingerprint density at radius 3 is 1.44 bits per heavy atom. The van der Waals surface area contributed by atoms with Gasteiger partial charge in [0.25, 0.3) is 0 Å². The highest BCUT2D eigenvalue weighted by atomic mass is 16.4. The van der Waals surface area contributed by atoms with Crippen molar-refractivity contribution in [3.8, 4) is 0 Å². The molecule has 0 saturated carbocycles. The number of carbonyl (C=O) groups is 4. The second-order valence-electron chi connectivity index (χ2n) is 9.66. The molecule has 18 N–H and O–H groups in total. The van der Waals surface area contributed by atoms with Crippen LogP contribution in [0.5, 0.6) is 0 Å². The van der Waals surface area contributed by atoms with Crippen LogP contribution in [0.4, 0.5) is 0 Å². The minimum absolute atomic E-state index is 0.0642. The fourth-order valence-corrected chi connectivity index (χ4v) is 3.81. The van der Waals surface area contributed by atoms with Crippen molar-refractivity contribution >= 4 is 35.6 Å². The summed E-state index contributed by atoms with van der Waals surface area (Å²) in [5, 5.41) is 37.0. The molecule has 0 fully saturated rings. The summed E-state index contributed by atoms with van der Waals surface area (Å²) >= 11 is 0. The van der Waals surface area contributed by atoms with Gasteiger partial charge in [0.05, 0.1) is 6.04 Å². The molecular formula is C24H50N12O5. The number of guanidine groups is 2. The van der Waals surface area contributed by atoms with Crippen LogP contribution in [0.15, 0.2) is 0 Å². The third-order valence-corrected chi connectivity index (χ3v) is 6.10. The topological polar surface area (TPSA) is 326 Å². The Hall–Kier alpha value is -3.70. The molecule has 0 aliphatic heterocycles. The molecule has 0 aromatic heterocycles. The molecule has 41 heavy (non-hydrogen) atoms. The second kappa shape index (κ2) is 22.0. The number of amides is 3. The lowest BCUT2D eigenvalue weighted by Crippen LogP contribution is -2.57. The summed E-state index contributed by atoms with van der Waals surface area (Å²) in [5.41, 5.74) is 27.6. The van der Waals surface area contributed by atoms with E-state index in [-0.39, 0.29) is 44.3 Å². The predicted octanol–water partition coefficient (Wildman–Crippen LogP) is -3.36. The quantitative estimate of drug-likeness (QED) is 0.0317. The minimum atomic E-state index is -1.25. The van der Waals surface area contributed by atoms with Gasteiger partial charge in [-0.15, -0.1) is 0 Å². The number of aliphatic carboxylic acids is 1. The van der Waals surface area contributed by atoms with Gasteiger partial charge in [0.2, 0.25) is 17.7 Å². The van der Waals surface area contributed by atoms with Crippen molar-refractivity contribution in [1.29, 1.82) is 10.8 Å². The van der Waals surface area contributed by atoms with Gasteiger partial charge >= 0.3 is 5.97 Å². The summed E-state index contributed by atoms with van der Waals surface area (Å²) < 4.78 is 0. The molecule has 0 aliphatic carbocycles. The van der Waals surface area contributed by atoms with E-state index in [0.29, 0.717) is 58.0 Å². The van der Waals surface area contributed by atoms with E-state index < -0.39 is 47.9 Å². The largest absolute Gasteiger partial charge is 0.480 e. The summed E-state index contributed by atoms with van der Waals surface area (Å²) in [7, 11) is 0. The molecule has 0 aromatic carbocycles. The maximum Gasteiger partial charge on any atom is 0.326 e. The summed E-state index contributed by atoms with van der Waals surface area (Å²) in [5.74, 6) is -3.60. The van der Waals surface area contributed by atoms with E-state index >= 15 is 0 Å². The average Bonchev–Trinajstić information content (AvgIpc) is 2.90. The number of nitrogens with one attached hydrogen (secondary N) is 7. The molecule has 0 spiro atoms. The van der Waals surface area contributed by atoms with Crippen molar-refractivity contribution < 1.29 is 24.3 Å². The van der Waals surface area contributed by atoms with Gasteiger partial charge in [-0.2, -0.15) is 0 Å². The van der Waals surface area contributed by atoms with Gasteiger partial charge in [-0.3, -0.25) is 25.2 Å². The molecule has 0 saturated heterocycles. The van der Waals surface area contributed by atoms with E-state index in [9.17, 15) is 24.3 Å². The van der Waals surface area contributed by atoms with Crippen LogP contribution in [-0.2, 0) is 19.2 Å². The van der Waals surface area contributed by atoms with Gasteiger partial charge in [0.1, 0.15) is 18.1 Å². The van der Waals surface area contributed by atoms with Crippen molar-refractivity contribution in [2.24, 2.45) is 28.7 Å². The molecule has 3 amide bonds. The highest BCUT2D eigenvalue weighted by Crippen LogP contribution is 2.07. The molecular weight excluding hydrogens is 536 g/mol. The van der Waals surface area contributed by atoms with E-state index in [4.69, 9.17) is 39.5 Å². The molecule has 236 valence electrons. The second-order valence-corrected chi connectivity index (χ2v) is 9.66. The van der Waals surface area contributed by atoms with Crippen LogP contribution < -0.4 is 55.3 Å². The molecule has 0 unspecified atom stereocenters. The van der Waals surface area contributed by atoms with Crippen molar-refractivity contribution in [2.75, 3.05) is 26.2 Å². The van der Waals surface area contributed by atoms with Crippen LogP contribution in [0.3, 0.4) is 0 Å². The normalized spacial score (nSPS) is 13.6. The van der Waals surface area contributed by atoms with E-state index in [1.165, 1.54) is 0 Å². The van der Waals surface area contributed by atoms with Gasteiger partial charge in [0.15, 0.2) is 11.9 Å². The van der Waals surface area contributed by atoms with Crippen LogP contribution in [-0.4, -0.2) is 91.1 Å². The SMILES string of the molecule is N=C(N)NCCC[C@H](NC(=O)[C@H](CCCCN)NC(=O)[C@H](CCCNC(=N)N)NC(=O)[C@@H](N)CCCCN)C(=O)O. The number of nitrogens with two attached hydrogens (primary N) is 5. The first-order valence-corrected chi connectivity index (χ1v) is 13.9. The molecule has 17 nitrogen and oxygen atoms in total. The first-order chi connectivity index (χ1) is 19.4. The summed E-state index contributed by atoms with van der Waals surface area (Å²) in [6.07, 6.45) is 3.88. The number of rotatable bonds is 23. The maximum atomic E-state index is 13.3. The summed E-state index contributed by atoms with van der Waals surface area (Å²) in [4.78, 5) is 50.9. The Kier molecular flexibility index (Phi) is 20.1. The Morgan fingerprint density at radius 2 is 1.00 bits per heavy atom. The molecule has 0 aromatic rings. The number of carboxylic acid groups (broad SMARTS) is 1. The molecule has 0 bridgehead atoms. The molecule has 17 heteroatoms.